The van der Waals surface area contributed by atoms with E-state index in [2.05, 4.69) is 52.7 Å². The van der Waals surface area contributed by atoms with Crippen molar-refractivity contribution < 1.29 is 67.6 Å². The lowest BCUT2D eigenvalue weighted by Gasteiger charge is -2.36. The van der Waals surface area contributed by atoms with Gasteiger partial charge >= 0.3 is 11.9 Å². The highest BCUT2D eigenvalue weighted by atomic mass is 16.5. The summed E-state index contributed by atoms with van der Waals surface area (Å²) in [6, 6.07) is 20.6. The van der Waals surface area contributed by atoms with E-state index >= 15 is 9.59 Å². The minimum atomic E-state index is -1.54. The summed E-state index contributed by atoms with van der Waals surface area (Å²) in [4.78, 5) is 155. The highest BCUT2D eigenvalue weighted by Gasteiger charge is 2.48. The fourth-order valence-electron chi connectivity index (χ4n) is 12.4. The van der Waals surface area contributed by atoms with E-state index in [1.807, 2.05) is 36.4 Å². The Balaban J connectivity index is 1.14. The van der Waals surface area contributed by atoms with E-state index < -0.39 is 143 Å². The van der Waals surface area contributed by atoms with Gasteiger partial charge in [0.15, 0.2) is 0 Å². The number of carbonyl (C=O) groups excluding carboxylic acids is 8. The first kappa shape index (κ1) is 80.5. The van der Waals surface area contributed by atoms with Crippen LogP contribution in [0, 0.1) is 10.8 Å². The van der Waals surface area contributed by atoms with Crippen LogP contribution in [0.3, 0.4) is 0 Å². The monoisotopic (exact) mass is 1460 g/mol. The number of carbonyl (C=O) groups is 10. The van der Waals surface area contributed by atoms with Gasteiger partial charge in [-0.25, -0.2) is 9.59 Å². The van der Waals surface area contributed by atoms with Gasteiger partial charge in [0.1, 0.15) is 84.5 Å². The van der Waals surface area contributed by atoms with Gasteiger partial charge in [-0.3, -0.25) is 48.3 Å². The number of rotatable bonds is 14. The number of hydrogen-bond acceptors (Lipinski definition) is 20. The summed E-state index contributed by atoms with van der Waals surface area (Å²) >= 11 is 0. The van der Waals surface area contributed by atoms with Crippen LogP contribution in [-0.4, -0.2) is 216 Å². The Morgan fingerprint density at radius 3 is 1.32 bits per heavy atom. The molecule has 2 fully saturated rings. The molecule has 12 atom stereocenters. The molecule has 12 unspecified atom stereocenters. The number of nitrogens with one attached hydrogen (secondary N) is 8. The average molecular weight is 1460 g/mol. The van der Waals surface area contributed by atoms with Crippen LogP contribution in [0.5, 0.6) is 11.5 Å². The van der Waals surface area contributed by atoms with Crippen LogP contribution in [0.4, 0.5) is 0 Å². The Bertz CT molecular complexity index is 4100. The van der Waals surface area contributed by atoms with Gasteiger partial charge < -0.3 is 83.7 Å². The van der Waals surface area contributed by atoms with Gasteiger partial charge in [-0.2, -0.15) is 10.2 Å². The SMILES string of the molecule is CNC(C)C(=O)NC(C(=O)N1CC2CC1C(=O)NC(Cc1ccccc1)C(=O)NC(C(=O)O)Cc1ccc(cc1)OCC(=NN)C=NC1CC(C(=O)NC(Cc3ccc4ccccc4c3)C(=O)NC(C(=O)O)Cc3ccc(cc3)OCC(=NN)C=N2)N(C(=O)C(NC(=O)C(C)NC)C(C)(C)C)C1)C(C)(C)C. The molecular weight excluding hydrogens is 1360 g/mol. The summed E-state index contributed by atoms with van der Waals surface area (Å²) in [5.74, 6) is 4.22. The average Bonchev–Trinajstić information content (AvgIpc) is 1.63. The lowest BCUT2D eigenvalue weighted by Crippen LogP contribution is -2.60. The molecule has 6 heterocycles. The van der Waals surface area contributed by atoms with Gasteiger partial charge in [-0.15, -0.1) is 0 Å². The number of fused-ring (bicyclic) bond motifs is 1. The molecule has 5 aromatic carbocycles. The number of hydrogen-bond donors (Lipinski definition) is 12. The van der Waals surface area contributed by atoms with Crippen molar-refractivity contribution in [2.75, 3.05) is 40.4 Å². The van der Waals surface area contributed by atoms with Crippen molar-refractivity contribution in [1.29, 1.82) is 0 Å². The van der Waals surface area contributed by atoms with Gasteiger partial charge in [-0.05, 0) is 96.1 Å². The van der Waals surface area contributed by atoms with E-state index in [1.54, 1.807) is 154 Å². The second-order valence-electron chi connectivity index (χ2n) is 29.0. The van der Waals surface area contributed by atoms with Crippen molar-refractivity contribution in [3.8, 4) is 11.5 Å². The van der Waals surface area contributed by atoms with Crippen molar-refractivity contribution in [2.45, 2.75) is 166 Å². The number of amides is 8. The topological polar surface area (TPSA) is 434 Å². The van der Waals surface area contributed by atoms with E-state index in [-0.39, 0.29) is 76.3 Å². The van der Waals surface area contributed by atoms with Crippen molar-refractivity contribution >= 4 is 93.8 Å². The maximum Gasteiger partial charge on any atom is 0.326 e. The zero-order valence-corrected chi connectivity index (χ0v) is 61.3. The molecule has 0 radical (unpaired) electrons. The van der Waals surface area contributed by atoms with E-state index in [0.717, 1.165) is 10.8 Å². The normalized spacial score (nSPS) is 23.2. The summed E-state index contributed by atoms with van der Waals surface area (Å²) in [5.41, 5.74) is 0.601. The Morgan fingerprint density at radius 2 is 0.934 bits per heavy atom. The third kappa shape index (κ3) is 22.0. The first-order chi connectivity index (χ1) is 50.4. The lowest BCUT2D eigenvalue weighted by atomic mass is 9.85. The standard InChI is InChI=1S/C76H98N16O14/c1-43(79-9)65(93)87-63(75(3,4)5)71(99)91-39-51-35-61(91)69(97)83-57(31-45-16-12-11-13-17-45)67(95)85-59(73(101)102)32-46-21-26-55(27-22-46)105-42-54(90-78)38-82-52-36-62(92(40-52)72(100)64(76(6,7)8)88-66(94)44(2)80-10)70(98)84-58(34-48-20-25-49-18-14-15-19-50(49)30-48)68(96)86-60(74(103)104)33-47-23-28-56(29-24-47)106-41-53(89-77)37-81-51/h11-30,37-38,43-44,51-52,57-64,79-80H,31-36,39-42,77-78H2,1-10H3,(H,83,97)(H,84,98)(H,85,95)(H,86,96)(H,87,93)(H,88,94)(H,101,102)(H,103,104). The third-order valence-electron chi connectivity index (χ3n) is 18.9. The number of nitrogens with zero attached hydrogens (tertiary/aromatic N) is 6. The number of hydrazone groups is 2. The lowest BCUT2D eigenvalue weighted by molar-refractivity contribution is -0.145. The Hall–Kier alpha value is -11.1. The smallest absolute Gasteiger partial charge is 0.326 e. The molecule has 11 rings (SSSR count). The summed E-state index contributed by atoms with van der Waals surface area (Å²) in [6.45, 7) is 13.0. The number of likely N-dealkylation sites (tertiary alicyclic amines) is 2. The van der Waals surface area contributed by atoms with Crippen LogP contribution in [0.1, 0.15) is 90.5 Å². The zero-order chi connectivity index (χ0) is 77.2. The molecule has 30 nitrogen and oxygen atoms in total. The van der Waals surface area contributed by atoms with Crippen LogP contribution in [0.15, 0.2) is 142 Å². The quantitative estimate of drug-likeness (QED) is 0.0558. The highest BCUT2D eigenvalue weighted by Crippen LogP contribution is 2.31. The number of aliphatic imine (C=N–C) groups is 2. The number of nitrogens with two attached hydrogens (primary N) is 2. The molecule has 30 heteroatoms. The van der Waals surface area contributed by atoms with E-state index in [1.165, 1.54) is 22.2 Å². The maximum absolute atomic E-state index is 15.2. The molecule has 106 heavy (non-hydrogen) atoms. The summed E-state index contributed by atoms with van der Waals surface area (Å²) < 4.78 is 12.1. The number of carboxylic acid groups (broad SMARTS) is 2. The van der Waals surface area contributed by atoms with Crippen molar-refractivity contribution in [1.82, 2.24) is 52.3 Å². The fourth-order valence-corrected chi connectivity index (χ4v) is 12.4. The number of carboxylic acids is 2. The number of aliphatic carboxylic acids is 2. The van der Waals surface area contributed by atoms with Crippen molar-refractivity contribution in [3.63, 3.8) is 0 Å². The predicted octanol–water partition coefficient (Wildman–Crippen LogP) is 1.98. The molecule has 2 saturated heterocycles. The summed E-state index contributed by atoms with van der Waals surface area (Å²) in [5, 5.41) is 53.3. The molecule has 0 spiro atoms. The van der Waals surface area contributed by atoms with Gasteiger partial charge in [0.05, 0.1) is 24.2 Å². The molecule has 0 aliphatic carbocycles. The van der Waals surface area contributed by atoms with E-state index in [0.29, 0.717) is 33.8 Å². The van der Waals surface area contributed by atoms with Crippen LogP contribution < -0.4 is 63.7 Å². The molecule has 5 aromatic rings. The van der Waals surface area contributed by atoms with Gasteiger partial charge in [0, 0.05) is 64.0 Å². The number of likely N-dealkylation sites (N-methyl/N-ethyl adjacent to an activating group) is 2. The zero-order valence-electron chi connectivity index (χ0n) is 61.3. The molecule has 8 bridgehead atoms. The maximum atomic E-state index is 15.2. The third-order valence-corrected chi connectivity index (χ3v) is 18.9. The van der Waals surface area contributed by atoms with Gasteiger partial charge in [0.2, 0.25) is 47.3 Å². The fraction of sp³-hybridized carbons (Fsp3) is 0.447. The minimum Gasteiger partial charge on any atom is -0.487 e. The molecule has 0 saturated carbocycles. The molecule has 6 aliphatic heterocycles. The van der Waals surface area contributed by atoms with Crippen LogP contribution >= 0.6 is 0 Å². The predicted molar refractivity (Wildman–Crippen MR) is 400 cm³/mol. The highest BCUT2D eigenvalue weighted by molar-refractivity contribution is 6.31. The molecule has 6 aliphatic rings. The molecule has 8 amide bonds. The molecule has 566 valence electrons. The number of benzene rings is 5. The van der Waals surface area contributed by atoms with E-state index in [9.17, 15) is 48.6 Å². The Labute approximate surface area is 615 Å². The van der Waals surface area contributed by atoms with Gasteiger partial charge in [0.25, 0.3) is 0 Å². The first-order valence-electron chi connectivity index (χ1n) is 35.1. The largest absolute Gasteiger partial charge is 0.487 e. The van der Waals surface area contributed by atoms with Crippen LogP contribution in [-0.2, 0) is 73.6 Å². The number of ether oxygens (including phenoxy) is 2. The van der Waals surface area contributed by atoms with E-state index in [4.69, 9.17) is 31.1 Å². The van der Waals surface area contributed by atoms with Crippen molar-refractivity contribution in [3.05, 3.63) is 144 Å². The second kappa shape index (κ2) is 36.5. The minimum absolute atomic E-state index is 0.0884. The van der Waals surface area contributed by atoms with Crippen LogP contribution in [0.2, 0.25) is 0 Å². The van der Waals surface area contributed by atoms with Crippen LogP contribution in [0.25, 0.3) is 10.8 Å². The summed E-state index contributed by atoms with van der Waals surface area (Å²) in [6.07, 6.45) is 1.82. The molecule has 14 N–H and O–H groups in total. The first-order valence-corrected chi connectivity index (χ1v) is 35.1. The van der Waals surface area contributed by atoms with Crippen molar-refractivity contribution in [2.24, 2.45) is 42.7 Å². The van der Waals surface area contributed by atoms with Gasteiger partial charge in [-0.1, -0.05) is 139 Å². The molecular formula is C76H98N16O14. The Kier molecular flexibility index (Phi) is 27.8. The Morgan fingerprint density at radius 1 is 0.538 bits per heavy atom. The second-order valence-corrected chi connectivity index (χ2v) is 29.0. The molecule has 0 aromatic heterocycles. The summed E-state index contributed by atoms with van der Waals surface area (Å²) in [7, 11) is 3.19.